The largest absolute Gasteiger partial charge is 0.398 e. The molecule has 1 atom stereocenters. The Labute approximate surface area is 207 Å². The summed E-state index contributed by atoms with van der Waals surface area (Å²) in [4.78, 5) is 32.2. The van der Waals surface area contributed by atoms with Gasteiger partial charge in [0.15, 0.2) is 11.6 Å². The van der Waals surface area contributed by atoms with E-state index in [-0.39, 0.29) is 11.7 Å². The third-order valence-corrected chi connectivity index (χ3v) is 5.92. The Hall–Kier alpha value is -4.08. The molecule has 8 nitrogen and oxygen atoms in total. The molecular formula is C26H28F2N6O2. The number of nitrogens with one attached hydrogen (secondary N) is 1. The first kappa shape index (κ1) is 25.0. The highest BCUT2D eigenvalue weighted by atomic mass is 19.1. The zero-order chi connectivity index (χ0) is 26.0. The molecule has 1 aliphatic rings. The molecule has 4 rings (SSSR count). The highest BCUT2D eigenvalue weighted by Crippen LogP contribution is 2.36. The number of carbonyl (C=O) groups excluding carboxylic acids is 1. The van der Waals surface area contributed by atoms with Gasteiger partial charge in [0.1, 0.15) is 11.4 Å². The van der Waals surface area contributed by atoms with Gasteiger partial charge >= 0.3 is 0 Å². The number of rotatable bonds is 6. The molecule has 10 heteroatoms. The Balaban J connectivity index is 1.75. The van der Waals surface area contributed by atoms with E-state index in [0.29, 0.717) is 27.5 Å². The predicted octanol–water partition coefficient (Wildman–Crippen LogP) is 4.02. The third-order valence-electron chi connectivity index (χ3n) is 5.92. The fourth-order valence-corrected chi connectivity index (χ4v) is 4.13. The van der Waals surface area contributed by atoms with Gasteiger partial charge in [-0.3, -0.25) is 14.6 Å². The number of aliphatic imine (C=N–C) groups is 1. The summed E-state index contributed by atoms with van der Waals surface area (Å²) in [5.74, 6) is -2.13. The Morgan fingerprint density at radius 3 is 2.53 bits per heavy atom. The Morgan fingerprint density at radius 2 is 1.89 bits per heavy atom. The number of nitrogens with zero attached hydrogens (tertiary/aromatic N) is 4. The molecule has 0 spiro atoms. The monoisotopic (exact) mass is 494 g/mol. The van der Waals surface area contributed by atoms with Crippen LogP contribution in [-0.2, 0) is 0 Å². The number of nitrogens with two attached hydrogens (primary N) is 1. The Kier molecular flexibility index (Phi) is 7.14. The average Bonchev–Trinajstić information content (AvgIpc) is 3.25. The number of carbonyl (C=O) groups is 1. The molecule has 36 heavy (non-hydrogen) atoms. The van der Waals surface area contributed by atoms with Gasteiger partial charge in [-0.25, -0.2) is 8.78 Å². The van der Waals surface area contributed by atoms with Crippen molar-refractivity contribution in [2.24, 2.45) is 10.9 Å². The second-order valence-corrected chi connectivity index (χ2v) is 9.17. The number of halogens is 2. The second-order valence-electron chi connectivity index (χ2n) is 9.17. The molecule has 0 bridgehead atoms. The van der Waals surface area contributed by atoms with Crippen LogP contribution >= 0.6 is 0 Å². The first-order chi connectivity index (χ1) is 17.2. The van der Waals surface area contributed by atoms with Crippen molar-refractivity contribution < 1.29 is 13.6 Å². The molecule has 2 heterocycles. The van der Waals surface area contributed by atoms with Crippen molar-refractivity contribution in [3.8, 4) is 5.69 Å². The maximum absolute atomic E-state index is 14.3. The van der Waals surface area contributed by atoms with Crippen molar-refractivity contribution >= 4 is 29.2 Å². The minimum atomic E-state index is -0.972. The van der Waals surface area contributed by atoms with Crippen LogP contribution in [0.1, 0.15) is 43.2 Å². The van der Waals surface area contributed by atoms with Crippen molar-refractivity contribution in [2.75, 3.05) is 29.0 Å². The van der Waals surface area contributed by atoms with Crippen molar-refractivity contribution in [1.29, 1.82) is 0 Å². The van der Waals surface area contributed by atoms with Crippen LogP contribution in [0.2, 0.25) is 0 Å². The predicted molar refractivity (Wildman–Crippen MR) is 137 cm³/mol. The highest BCUT2D eigenvalue weighted by molar-refractivity contribution is 6.08. The molecule has 1 saturated heterocycles. The maximum Gasteiger partial charge on any atom is 0.276 e. The second kappa shape index (κ2) is 10.3. The van der Waals surface area contributed by atoms with Gasteiger partial charge in [-0.15, -0.1) is 0 Å². The number of hydrogen-bond donors (Lipinski definition) is 2. The van der Waals surface area contributed by atoms with Crippen molar-refractivity contribution in [3.63, 3.8) is 0 Å². The Morgan fingerprint density at radius 1 is 1.17 bits per heavy atom. The van der Waals surface area contributed by atoms with Gasteiger partial charge in [0, 0.05) is 42.7 Å². The zero-order valence-corrected chi connectivity index (χ0v) is 20.3. The molecule has 0 saturated carbocycles. The standard InChI is InChI=1S/C26H28F2N6O2/c1-15(2)30-13-17-20(29)7-8-21(24(17)33-12-11-16(3)14-33)31-26(36)22-9-10-23(35)34(32-22)25-18(27)5-4-6-19(25)28/h4-10,13,15-16H,11-12,14,29H2,1-3H3,(H,31,36)/t16-/m0/s1. The fraction of sp³-hybridized carbons (Fsp3) is 0.308. The van der Waals surface area contributed by atoms with Gasteiger partial charge in [0.2, 0.25) is 0 Å². The van der Waals surface area contributed by atoms with Crippen LogP contribution in [0.3, 0.4) is 0 Å². The number of anilines is 3. The average molecular weight is 495 g/mol. The van der Waals surface area contributed by atoms with E-state index in [1.54, 1.807) is 18.3 Å². The van der Waals surface area contributed by atoms with E-state index in [1.807, 2.05) is 13.8 Å². The lowest BCUT2D eigenvalue weighted by atomic mass is 10.1. The molecule has 3 aromatic rings. The molecule has 0 radical (unpaired) electrons. The summed E-state index contributed by atoms with van der Waals surface area (Å²) >= 11 is 0. The van der Waals surface area contributed by atoms with Gasteiger partial charge in [0.05, 0.1) is 11.4 Å². The molecule has 0 unspecified atom stereocenters. The minimum absolute atomic E-state index is 0.0528. The van der Waals surface area contributed by atoms with Crippen molar-refractivity contribution in [1.82, 2.24) is 9.78 Å². The van der Waals surface area contributed by atoms with Crippen LogP contribution in [0, 0.1) is 17.6 Å². The van der Waals surface area contributed by atoms with Gasteiger partial charge in [-0.1, -0.05) is 13.0 Å². The minimum Gasteiger partial charge on any atom is -0.398 e. The van der Waals surface area contributed by atoms with E-state index in [9.17, 15) is 18.4 Å². The SMILES string of the molecule is CC(C)N=Cc1c(N)ccc(NC(=O)c2ccc(=O)n(-c3c(F)cccc3F)n2)c1N1CC[C@H](C)C1. The maximum atomic E-state index is 14.3. The van der Waals surface area contributed by atoms with E-state index in [4.69, 9.17) is 5.73 Å². The van der Waals surface area contributed by atoms with Gasteiger partial charge in [-0.2, -0.15) is 9.78 Å². The smallest absolute Gasteiger partial charge is 0.276 e. The quantitative estimate of drug-likeness (QED) is 0.398. The van der Waals surface area contributed by atoms with Gasteiger partial charge in [0.25, 0.3) is 11.5 Å². The molecule has 188 valence electrons. The number of nitrogen functional groups attached to an aromatic ring is 1. The zero-order valence-electron chi connectivity index (χ0n) is 20.3. The van der Waals surface area contributed by atoms with E-state index in [0.717, 1.165) is 43.4 Å². The fourth-order valence-electron chi connectivity index (χ4n) is 4.13. The van der Waals surface area contributed by atoms with Gasteiger partial charge < -0.3 is 16.0 Å². The Bertz CT molecular complexity index is 1370. The van der Waals surface area contributed by atoms with E-state index >= 15 is 0 Å². The molecule has 1 amide bonds. The number of para-hydroxylation sites is 1. The molecule has 1 fully saturated rings. The first-order valence-corrected chi connectivity index (χ1v) is 11.7. The van der Waals surface area contributed by atoms with Gasteiger partial charge in [-0.05, 0) is 56.5 Å². The molecule has 1 aliphatic heterocycles. The molecule has 2 aromatic carbocycles. The van der Waals surface area contributed by atoms with Crippen LogP contribution in [0.5, 0.6) is 0 Å². The van der Waals surface area contributed by atoms with E-state index in [2.05, 4.69) is 27.2 Å². The summed E-state index contributed by atoms with van der Waals surface area (Å²) in [7, 11) is 0. The van der Waals surface area contributed by atoms with Crippen molar-refractivity contribution in [3.05, 3.63) is 75.7 Å². The summed E-state index contributed by atoms with van der Waals surface area (Å²) < 4.78 is 29.1. The molecular weight excluding hydrogens is 466 g/mol. The lowest BCUT2D eigenvalue weighted by Crippen LogP contribution is -2.27. The summed E-state index contributed by atoms with van der Waals surface area (Å²) in [6, 6.07) is 8.89. The molecule has 3 N–H and O–H groups in total. The van der Waals surface area contributed by atoms with Crippen LogP contribution in [-0.4, -0.2) is 41.0 Å². The lowest BCUT2D eigenvalue weighted by Gasteiger charge is -2.25. The van der Waals surface area contributed by atoms with E-state index < -0.39 is 28.8 Å². The van der Waals surface area contributed by atoms with Crippen LogP contribution < -0.4 is 21.5 Å². The number of benzene rings is 2. The normalized spacial score (nSPS) is 15.7. The summed E-state index contributed by atoms with van der Waals surface area (Å²) in [5, 5.41) is 6.78. The first-order valence-electron chi connectivity index (χ1n) is 11.7. The van der Waals surface area contributed by atoms with Crippen LogP contribution in [0.15, 0.2) is 52.3 Å². The third kappa shape index (κ3) is 5.12. The van der Waals surface area contributed by atoms with Crippen LogP contribution in [0.25, 0.3) is 5.69 Å². The lowest BCUT2D eigenvalue weighted by molar-refractivity contribution is 0.102. The summed E-state index contributed by atoms with van der Waals surface area (Å²) in [6.45, 7) is 7.63. The van der Waals surface area contributed by atoms with E-state index in [1.165, 1.54) is 12.1 Å². The number of hydrogen-bond acceptors (Lipinski definition) is 6. The highest BCUT2D eigenvalue weighted by Gasteiger charge is 2.26. The summed E-state index contributed by atoms with van der Waals surface area (Å²) in [6.07, 6.45) is 2.71. The molecule has 1 aromatic heterocycles. The summed E-state index contributed by atoms with van der Waals surface area (Å²) in [5.41, 5.74) is 7.13. The van der Waals surface area contributed by atoms with Crippen molar-refractivity contribution in [2.45, 2.75) is 33.2 Å². The number of aromatic nitrogens is 2. The number of amides is 1. The van der Waals surface area contributed by atoms with Crippen LogP contribution in [0.4, 0.5) is 25.8 Å². The molecule has 0 aliphatic carbocycles. The topological polar surface area (TPSA) is 106 Å².